The number of nitrogens with one attached hydrogen (secondary N) is 2. The predicted molar refractivity (Wildman–Crippen MR) is 103 cm³/mol. The number of rotatable bonds is 7. The molecule has 1 aliphatic heterocycles. The van der Waals surface area contributed by atoms with Crippen molar-refractivity contribution >= 4 is 11.9 Å². The Morgan fingerprint density at radius 3 is 2.62 bits per heavy atom. The highest BCUT2D eigenvalue weighted by Crippen LogP contribution is 2.16. The van der Waals surface area contributed by atoms with Gasteiger partial charge in [-0.1, -0.05) is 13.8 Å². The first-order valence-electron chi connectivity index (χ1n) is 9.06. The summed E-state index contributed by atoms with van der Waals surface area (Å²) in [4.78, 5) is 18.2. The van der Waals surface area contributed by atoms with Gasteiger partial charge in [-0.3, -0.25) is 9.79 Å². The minimum absolute atomic E-state index is 0.0429. The van der Waals surface area contributed by atoms with Gasteiger partial charge in [0.1, 0.15) is 18.1 Å². The van der Waals surface area contributed by atoms with E-state index in [1.54, 1.807) is 14.2 Å². The highest BCUT2D eigenvalue weighted by atomic mass is 16.5. The second-order valence-electron chi connectivity index (χ2n) is 6.59. The number of guanidine groups is 1. The third-order valence-corrected chi connectivity index (χ3v) is 4.28. The van der Waals surface area contributed by atoms with E-state index < -0.39 is 0 Å². The van der Waals surface area contributed by atoms with E-state index in [-0.39, 0.29) is 17.9 Å². The maximum atomic E-state index is 12.1. The Morgan fingerprint density at radius 1 is 1.31 bits per heavy atom. The van der Waals surface area contributed by atoms with Gasteiger partial charge >= 0.3 is 0 Å². The number of nitrogens with zero attached hydrogens (tertiary/aromatic N) is 2. The Hall–Kier alpha value is -2.44. The summed E-state index contributed by atoms with van der Waals surface area (Å²) in [5.41, 5.74) is 0. The van der Waals surface area contributed by atoms with Crippen molar-refractivity contribution in [2.75, 3.05) is 40.4 Å². The average Bonchev–Trinajstić information content (AvgIpc) is 3.12. The van der Waals surface area contributed by atoms with Crippen molar-refractivity contribution in [1.82, 2.24) is 15.5 Å². The molecule has 0 saturated carbocycles. The summed E-state index contributed by atoms with van der Waals surface area (Å²) < 4.78 is 10.8. The highest BCUT2D eigenvalue weighted by Gasteiger charge is 2.27. The van der Waals surface area contributed by atoms with E-state index in [4.69, 9.17) is 9.47 Å². The van der Waals surface area contributed by atoms with Crippen LogP contribution in [0, 0.1) is 5.92 Å². The van der Waals surface area contributed by atoms with Crippen LogP contribution >= 0.6 is 0 Å². The molecule has 1 amide bonds. The molecule has 1 heterocycles. The molecule has 1 atom stereocenters. The van der Waals surface area contributed by atoms with E-state index in [0.29, 0.717) is 13.2 Å². The predicted octanol–water partition coefficient (Wildman–Crippen LogP) is 1.50. The number of hydrogen-bond donors (Lipinski definition) is 2. The second kappa shape index (κ2) is 9.89. The second-order valence-corrected chi connectivity index (χ2v) is 6.59. The lowest BCUT2D eigenvalue weighted by molar-refractivity contribution is -0.133. The number of amides is 1. The first-order chi connectivity index (χ1) is 12.5. The standard InChI is InChI=1S/C19H30N4O3/c1-14(2)18(24)23-11-9-15(13-23)22-19(20-3)21-10-12-26-17-7-5-16(25-4)6-8-17/h5-8,14-15H,9-13H2,1-4H3,(H2,20,21,22). The van der Waals surface area contributed by atoms with Crippen LogP contribution in [0.1, 0.15) is 20.3 Å². The molecule has 0 aromatic heterocycles. The molecule has 144 valence electrons. The summed E-state index contributed by atoms with van der Waals surface area (Å²) in [6.45, 7) is 6.55. The molecule has 1 aromatic carbocycles. The molecule has 0 radical (unpaired) electrons. The SMILES string of the molecule is CN=C(NCCOc1ccc(OC)cc1)NC1CCN(C(=O)C(C)C)C1. The van der Waals surface area contributed by atoms with E-state index in [2.05, 4.69) is 15.6 Å². The largest absolute Gasteiger partial charge is 0.497 e. The van der Waals surface area contributed by atoms with Crippen LogP contribution in [0.4, 0.5) is 0 Å². The molecule has 26 heavy (non-hydrogen) atoms. The van der Waals surface area contributed by atoms with Gasteiger partial charge in [0.25, 0.3) is 0 Å². The van der Waals surface area contributed by atoms with Crippen LogP contribution in [-0.2, 0) is 4.79 Å². The van der Waals surface area contributed by atoms with E-state index >= 15 is 0 Å². The number of carbonyl (C=O) groups is 1. The van der Waals surface area contributed by atoms with Crippen LogP contribution in [0.15, 0.2) is 29.3 Å². The normalized spacial score (nSPS) is 17.3. The molecule has 1 fully saturated rings. The Bertz CT molecular complexity index is 601. The van der Waals surface area contributed by atoms with Crippen LogP contribution < -0.4 is 20.1 Å². The van der Waals surface area contributed by atoms with Crippen molar-refractivity contribution in [1.29, 1.82) is 0 Å². The number of likely N-dealkylation sites (tertiary alicyclic amines) is 1. The van der Waals surface area contributed by atoms with Crippen LogP contribution in [0.2, 0.25) is 0 Å². The number of hydrogen-bond acceptors (Lipinski definition) is 4. The van der Waals surface area contributed by atoms with Gasteiger partial charge in [0.2, 0.25) is 5.91 Å². The lowest BCUT2D eigenvalue weighted by Gasteiger charge is -2.20. The summed E-state index contributed by atoms with van der Waals surface area (Å²) in [5, 5.41) is 6.62. The smallest absolute Gasteiger partial charge is 0.225 e. The molecule has 1 unspecified atom stereocenters. The Kier molecular flexibility index (Phi) is 7.56. The monoisotopic (exact) mass is 362 g/mol. The van der Waals surface area contributed by atoms with E-state index in [9.17, 15) is 4.79 Å². The molecule has 7 nitrogen and oxygen atoms in total. The van der Waals surface area contributed by atoms with E-state index in [1.807, 2.05) is 43.0 Å². The molecule has 1 aliphatic rings. The first kappa shape index (κ1) is 19.9. The summed E-state index contributed by atoms with van der Waals surface area (Å²) in [7, 11) is 3.38. The zero-order valence-corrected chi connectivity index (χ0v) is 16.1. The first-order valence-corrected chi connectivity index (χ1v) is 9.06. The van der Waals surface area contributed by atoms with Gasteiger partial charge in [-0.2, -0.15) is 0 Å². The van der Waals surface area contributed by atoms with Crippen LogP contribution in [-0.4, -0.2) is 63.2 Å². The van der Waals surface area contributed by atoms with Gasteiger partial charge < -0.3 is 25.0 Å². The van der Waals surface area contributed by atoms with Crippen molar-refractivity contribution in [2.24, 2.45) is 10.9 Å². The Labute approximate surface area is 155 Å². The topological polar surface area (TPSA) is 75.2 Å². The van der Waals surface area contributed by atoms with E-state index in [0.717, 1.165) is 37.0 Å². The molecule has 2 N–H and O–H groups in total. The number of carbonyl (C=O) groups excluding carboxylic acids is 1. The van der Waals surface area contributed by atoms with Gasteiger partial charge in [-0.15, -0.1) is 0 Å². The van der Waals surface area contributed by atoms with Crippen molar-refractivity contribution in [3.05, 3.63) is 24.3 Å². The van der Waals surface area contributed by atoms with Crippen LogP contribution in [0.25, 0.3) is 0 Å². The molecule has 7 heteroatoms. The summed E-state index contributed by atoms with van der Waals surface area (Å²) in [6, 6.07) is 7.72. The summed E-state index contributed by atoms with van der Waals surface area (Å²) in [6.07, 6.45) is 0.932. The molecule has 0 aliphatic carbocycles. The van der Waals surface area contributed by atoms with Crippen molar-refractivity contribution < 1.29 is 14.3 Å². The minimum atomic E-state index is 0.0429. The maximum Gasteiger partial charge on any atom is 0.225 e. The van der Waals surface area contributed by atoms with Gasteiger partial charge in [0, 0.05) is 32.1 Å². The molecule has 0 bridgehead atoms. The highest BCUT2D eigenvalue weighted by molar-refractivity contribution is 5.81. The fourth-order valence-electron chi connectivity index (χ4n) is 2.84. The minimum Gasteiger partial charge on any atom is -0.497 e. The zero-order chi connectivity index (χ0) is 18.9. The lowest BCUT2D eigenvalue weighted by atomic mass is 10.2. The number of aliphatic imine (C=N–C) groups is 1. The van der Waals surface area contributed by atoms with Crippen molar-refractivity contribution in [2.45, 2.75) is 26.3 Å². The Morgan fingerprint density at radius 2 is 2.00 bits per heavy atom. The van der Waals surface area contributed by atoms with E-state index in [1.165, 1.54) is 0 Å². The quantitative estimate of drug-likeness (QED) is 0.437. The molecule has 0 spiro atoms. The molecule has 1 aromatic rings. The van der Waals surface area contributed by atoms with Gasteiger partial charge in [0.15, 0.2) is 5.96 Å². The molecular formula is C19H30N4O3. The number of methoxy groups -OCH3 is 1. The number of benzene rings is 1. The molecule has 2 rings (SSSR count). The Balaban J connectivity index is 1.68. The average molecular weight is 362 g/mol. The maximum absolute atomic E-state index is 12.1. The van der Waals surface area contributed by atoms with Crippen molar-refractivity contribution in [3.63, 3.8) is 0 Å². The summed E-state index contributed by atoms with van der Waals surface area (Å²) in [5.74, 6) is 2.59. The summed E-state index contributed by atoms with van der Waals surface area (Å²) >= 11 is 0. The van der Waals surface area contributed by atoms with Gasteiger partial charge in [0.05, 0.1) is 13.7 Å². The zero-order valence-electron chi connectivity index (χ0n) is 16.1. The third-order valence-electron chi connectivity index (χ3n) is 4.28. The van der Waals surface area contributed by atoms with Crippen LogP contribution in [0.5, 0.6) is 11.5 Å². The molecule has 1 saturated heterocycles. The number of ether oxygens (including phenoxy) is 2. The lowest BCUT2D eigenvalue weighted by Crippen LogP contribution is -2.46. The van der Waals surface area contributed by atoms with Crippen LogP contribution in [0.3, 0.4) is 0 Å². The molecular weight excluding hydrogens is 332 g/mol. The van der Waals surface area contributed by atoms with Gasteiger partial charge in [-0.05, 0) is 30.7 Å². The van der Waals surface area contributed by atoms with Crippen molar-refractivity contribution in [3.8, 4) is 11.5 Å². The van der Waals surface area contributed by atoms with Gasteiger partial charge in [-0.25, -0.2) is 0 Å². The third kappa shape index (κ3) is 5.82. The fourth-order valence-corrected chi connectivity index (χ4v) is 2.84. The fraction of sp³-hybridized carbons (Fsp3) is 0.579.